The normalized spacial score (nSPS) is 15.4. The second-order valence-electron chi connectivity index (χ2n) is 8.38. The average molecular weight is 514 g/mol. The Morgan fingerprint density at radius 1 is 1.05 bits per heavy atom. The van der Waals surface area contributed by atoms with E-state index in [2.05, 4.69) is 10.5 Å². The molecule has 1 heterocycles. The van der Waals surface area contributed by atoms with E-state index in [1.165, 1.54) is 18.3 Å². The van der Waals surface area contributed by atoms with E-state index in [9.17, 15) is 35.1 Å². The molecule has 0 aromatic heterocycles. The number of carbonyl (C=O) groups excluding carboxylic acids is 1. The first-order chi connectivity index (χ1) is 17.7. The molecular formula is C23H27N7O7. The molecule has 2 aromatic rings. The number of amides is 1. The molecule has 1 N–H and O–H groups in total. The van der Waals surface area contributed by atoms with E-state index < -0.39 is 26.1 Å². The van der Waals surface area contributed by atoms with Crippen LogP contribution in [-0.4, -0.2) is 58.0 Å². The third kappa shape index (κ3) is 6.34. The van der Waals surface area contributed by atoms with E-state index in [1.807, 2.05) is 18.7 Å². The molecule has 1 amide bonds. The number of hydrogen-bond donors (Lipinski definition) is 1. The van der Waals surface area contributed by atoms with Gasteiger partial charge in [0.15, 0.2) is 0 Å². The number of anilines is 2. The summed E-state index contributed by atoms with van der Waals surface area (Å²) >= 11 is 0. The van der Waals surface area contributed by atoms with Crippen molar-refractivity contribution in [1.82, 2.24) is 4.90 Å². The van der Waals surface area contributed by atoms with Gasteiger partial charge in [-0.25, -0.2) is 0 Å². The number of non-ortho nitro benzene ring substituents is 2. The van der Waals surface area contributed by atoms with E-state index in [0.717, 1.165) is 31.0 Å². The molecular weight excluding hydrogens is 486 g/mol. The summed E-state index contributed by atoms with van der Waals surface area (Å²) in [5, 5.41) is 37.7. The predicted octanol–water partition coefficient (Wildman–Crippen LogP) is 3.94. The van der Waals surface area contributed by atoms with E-state index in [-0.39, 0.29) is 23.2 Å². The van der Waals surface area contributed by atoms with Crippen LogP contribution in [0.2, 0.25) is 0 Å². The fraction of sp³-hybridized carbons (Fsp3) is 0.391. The highest BCUT2D eigenvalue weighted by Crippen LogP contribution is 2.31. The fourth-order valence-electron chi connectivity index (χ4n) is 4.29. The lowest BCUT2D eigenvalue weighted by atomic mass is 9.95. The van der Waals surface area contributed by atoms with Crippen molar-refractivity contribution in [1.29, 1.82) is 0 Å². The molecule has 14 nitrogen and oxygen atoms in total. The standard InChI is InChI=1S/C23H27N7O7/c1-3-26(4-2)23(31)16-6-5-11-27(15-16)21-10-8-18(28(32)33)12-17(21)14-24-25-20-9-7-19(29(34)35)13-22(20)30(36)37/h7-10,12-14,16,25H,3-6,11,15H2,1-2H3/t16-/m1/s1. The molecule has 1 saturated heterocycles. The zero-order valence-corrected chi connectivity index (χ0v) is 20.4. The van der Waals surface area contributed by atoms with Crippen molar-refractivity contribution < 1.29 is 19.6 Å². The number of nitro benzene ring substituents is 3. The summed E-state index contributed by atoms with van der Waals surface area (Å²) in [7, 11) is 0. The third-order valence-corrected chi connectivity index (χ3v) is 6.19. The van der Waals surface area contributed by atoms with Crippen LogP contribution in [0.1, 0.15) is 32.3 Å². The van der Waals surface area contributed by atoms with Crippen molar-refractivity contribution in [3.05, 3.63) is 72.3 Å². The van der Waals surface area contributed by atoms with Gasteiger partial charge < -0.3 is 9.80 Å². The van der Waals surface area contributed by atoms with E-state index in [1.54, 1.807) is 11.0 Å². The highest BCUT2D eigenvalue weighted by molar-refractivity contribution is 5.90. The molecule has 3 rings (SSSR count). The summed E-state index contributed by atoms with van der Waals surface area (Å²) in [6.07, 6.45) is 2.80. The third-order valence-electron chi connectivity index (χ3n) is 6.19. The summed E-state index contributed by atoms with van der Waals surface area (Å²) in [5.41, 5.74) is 2.27. The lowest BCUT2D eigenvalue weighted by Gasteiger charge is -2.36. The van der Waals surface area contributed by atoms with Gasteiger partial charge in [-0.2, -0.15) is 5.10 Å². The molecule has 0 saturated carbocycles. The van der Waals surface area contributed by atoms with Crippen molar-refractivity contribution in [3.8, 4) is 0 Å². The van der Waals surface area contributed by atoms with Gasteiger partial charge in [0.25, 0.3) is 11.4 Å². The van der Waals surface area contributed by atoms with Crippen LogP contribution >= 0.6 is 0 Å². The Bertz CT molecular complexity index is 1230. The Labute approximate surface area is 212 Å². The van der Waals surface area contributed by atoms with E-state index >= 15 is 0 Å². The van der Waals surface area contributed by atoms with Crippen LogP contribution in [0, 0.1) is 36.3 Å². The number of nitrogens with one attached hydrogen (secondary N) is 1. The molecule has 1 aliphatic heterocycles. The molecule has 1 aliphatic rings. The van der Waals surface area contributed by atoms with E-state index in [4.69, 9.17) is 0 Å². The van der Waals surface area contributed by atoms with Gasteiger partial charge in [-0.1, -0.05) is 0 Å². The van der Waals surface area contributed by atoms with Crippen LogP contribution in [0.25, 0.3) is 0 Å². The second kappa shape index (κ2) is 11.9. The van der Waals surface area contributed by atoms with Gasteiger partial charge in [0, 0.05) is 55.6 Å². The van der Waals surface area contributed by atoms with Gasteiger partial charge in [-0.3, -0.25) is 40.6 Å². The van der Waals surface area contributed by atoms with Crippen molar-refractivity contribution in [2.75, 3.05) is 36.5 Å². The van der Waals surface area contributed by atoms with Crippen LogP contribution in [0.5, 0.6) is 0 Å². The monoisotopic (exact) mass is 513 g/mol. The quantitative estimate of drug-likeness (QED) is 0.280. The first-order valence-electron chi connectivity index (χ1n) is 11.7. The zero-order chi connectivity index (χ0) is 27.1. The summed E-state index contributed by atoms with van der Waals surface area (Å²) in [5.74, 6) is -0.145. The molecule has 0 unspecified atom stereocenters. The zero-order valence-electron chi connectivity index (χ0n) is 20.4. The van der Waals surface area contributed by atoms with Crippen molar-refractivity contribution in [2.45, 2.75) is 26.7 Å². The first kappa shape index (κ1) is 27.0. The van der Waals surface area contributed by atoms with Gasteiger partial charge in [0.05, 0.1) is 33.0 Å². The number of carbonyl (C=O) groups is 1. The minimum atomic E-state index is -0.773. The molecule has 2 aromatic carbocycles. The molecule has 14 heteroatoms. The van der Waals surface area contributed by atoms with Crippen molar-refractivity contribution in [3.63, 3.8) is 0 Å². The molecule has 0 aliphatic carbocycles. The maximum atomic E-state index is 12.9. The lowest BCUT2D eigenvalue weighted by Crippen LogP contribution is -2.45. The lowest BCUT2D eigenvalue weighted by molar-refractivity contribution is -0.393. The smallest absolute Gasteiger partial charge is 0.301 e. The van der Waals surface area contributed by atoms with Crippen LogP contribution in [0.4, 0.5) is 28.4 Å². The summed E-state index contributed by atoms with van der Waals surface area (Å²) in [4.78, 5) is 48.3. The molecule has 0 spiro atoms. The predicted molar refractivity (Wildman–Crippen MR) is 137 cm³/mol. The molecule has 1 fully saturated rings. The molecule has 0 radical (unpaired) electrons. The maximum absolute atomic E-state index is 12.9. The van der Waals surface area contributed by atoms with Crippen molar-refractivity contribution in [2.24, 2.45) is 11.0 Å². The molecule has 1 atom stereocenters. The number of rotatable bonds is 10. The van der Waals surface area contributed by atoms with Crippen LogP contribution < -0.4 is 10.3 Å². The second-order valence-corrected chi connectivity index (χ2v) is 8.38. The van der Waals surface area contributed by atoms with E-state index in [0.29, 0.717) is 37.4 Å². The number of benzene rings is 2. The van der Waals surface area contributed by atoms with Crippen LogP contribution in [-0.2, 0) is 4.79 Å². The summed E-state index contributed by atoms with van der Waals surface area (Å²) in [6, 6.07) is 7.38. The Balaban J connectivity index is 1.89. The first-order valence-corrected chi connectivity index (χ1v) is 11.7. The topological polar surface area (TPSA) is 177 Å². The average Bonchev–Trinajstić information content (AvgIpc) is 2.89. The molecule has 196 valence electrons. The largest absolute Gasteiger partial charge is 0.370 e. The van der Waals surface area contributed by atoms with Gasteiger partial charge >= 0.3 is 5.69 Å². The van der Waals surface area contributed by atoms with Crippen LogP contribution in [0.3, 0.4) is 0 Å². The maximum Gasteiger partial charge on any atom is 0.301 e. The van der Waals surface area contributed by atoms with Gasteiger partial charge in [-0.15, -0.1) is 0 Å². The minimum Gasteiger partial charge on any atom is -0.370 e. The van der Waals surface area contributed by atoms with Gasteiger partial charge in [-0.05, 0) is 38.8 Å². The Hall–Kier alpha value is -4.62. The summed E-state index contributed by atoms with van der Waals surface area (Å²) < 4.78 is 0. The number of nitro groups is 3. The van der Waals surface area contributed by atoms with Gasteiger partial charge in [0.2, 0.25) is 5.91 Å². The Morgan fingerprint density at radius 3 is 2.32 bits per heavy atom. The fourth-order valence-corrected chi connectivity index (χ4v) is 4.29. The Morgan fingerprint density at radius 2 is 1.70 bits per heavy atom. The highest BCUT2D eigenvalue weighted by Gasteiger charge is 2.29. The van der Waals surface area contributed by atoms with Crippen LogP contribution in [0.15, 0.2) is 41.5 Å². The highest BCUT2D eigenvalue weighted by atomic mass is 16.6. The molecule has 37 heavy (non-hydrogen) atoms. The summed E-state index contributed by atoms with van der Waals surface area (Å²) in [6.45, 7) is 6.16. The number of piperidine rings is 1. The number of nitrogens with zero attached hydrogens (tertiary/aromatic N) is 6. The minimum absolute atomic E-state index is 0.0685. The Kier molecular flexibility index (Phi) is 8.66. The number of hydrazone groups is 1. The SMILES string of the molecule is CCN(CC)C(=O)[C@@H]1CCCN(c2ccc([N+](=O)[O-])cc2C=NNc2ccc([N+](=O)[O-])cc2[N+](=O)[O-])C1. The van der Waals surface area contributed by atoms with Gasteiger partial charge in [0.1, 0.15) is 5.69 Å². The molecule has 0 bridgehead atoms. The van der Waals surface area contributed by atoms with Crippen molar-refractivity contribution >= 4 is 40.6 Å². The number of hydrogen-bond acceptors (Lipinski definition) is 10.